The van der Waals surface area contributed by atoms with Gasteiger partial charge in [0.2, 0.25) is 5.91 Å². The molecule has 1 aromatic rings. The van der Waals surface area contributed by atoms with Gasteiger partial charge in [0.05, 0.1) is 0 Å². The van der Waals surface area contributed by atoms with Crippen molar-refractivity contribution in [2.45, 2.75) is 90.2 Å². The number of aryl methyl sites for hydroxylation is 1. The summed E-state index contributed by atoms with van der Waals surface area (Å²) in [5.74, 6) is 0.276. The lowest BCUT2D eigenvalue weighted by molar-refractivity contribution is -0.133. The third-order valence-corrected chi connectivity index (χ3v) is 7.84. The van der Waals surface area contributed by atoms with Crippen LogP contribution >= 0.6 is 11.6 Å². The number of fused-ring (bicyclic) bond motifs is 2. The third-order valence-electron chi connectivity index (χ3n) is 7.43. The van der Waals surface area contributed by atoms with E-state index in [1.165, 1.54) is 11.1 Å². The predicted octanol–water partition coefficient (Wildman–Crippen LogP) is 5.66. The fourth-order valence-electron chi connectivity index (χ4n) is 5.25. The van der Waals surface area contributed by atoms with Crippen LogP contribution in [0.3, 0.4) is 0 Å². The van der Waals surface area contributed by atoms with E-state index in [4.69, 9.17) is 16.3 Å². The molecule has 1 aliphatic heterocycles. The first-order valence-corrected chi connectivity index (χ1v) is 11.6. The molecular formula is C25H37ClN2O3. The van der Waals surface area contributed by atoms with Crippen LogP contribution in [0.2, 0.25) is 5.02 Å². The number of carbonyl (C=O) groups is 2. The molecule has 0 N–H and O–H groups in total. The summed E-state index contributed by atoms with van der Waals surface area (Å²) in [5, 5.41) is 0.783. The van der Waals surface area contributed by atoms with Crippen molar-refractivity contribution >= 4 is 23.6 Å². The summed E-state index contributed by atoms with van der Waals surface area (Å²) in [4.78, 5) is 28.5. The third kappa shape index (κ3) is 4.44. The number of likely N-dealkylation sites (tertiary alicyclic amines) is 1. The molecule has 2 amide bonds. The molecule has 31 heavy (non-hydrogen) atoms. The van der Waals surface area contributed by atoms with E-state index in [1.54, 1.807) is 6.92 Å². The van der Waals surface area contributed by atoms with Crippen molar-refractivity contribution in [3.8, 4) is 0 Å². The highest BCUT2D eigenvalue weighted by atomic mass is 35.5. The molecule has 1 atom stereocenters. The van der Waals surface area contributed by atoms with Gasteiger partial charge in [-0.15, -0.1) is 0 Å². The molecule has 1 aliphatic carbocycles. The van der Waals surface area contributed by atoms with Gasteiger partial charge in [0.25, 0.3) is 0 Å². The molecule has 2 aliphatic rings. The molecule has 6 heteroatoms. The van der Waals surface area contributed by atoms with Crippen molar-refractivity contribution in [1.82, 2.24) is 9.80 Å². The summed E-state index contributed by atoms with van der Waals surface area (Å²) in [7, 11) is 1.89. The highest BCUT2D eigenvalue weighted by Gasteiger charge is 2.51. The summed E-state index contributed by atoms with van der Waals surface area (Å²) in [6.45, 7) is 15.0. The Morgan fingerprint density at radius 2 is 1.74 bits per heavy atom. The van der Waals surface area contributed by atoms with Gasteiger partial charge >= 0.3 is 6.09 Å². The SMILES string of the molecule is CC(=O)N(C)C(C)(C)[C@@H]1CC2(CCN(C(=O)OC(C)(C)C)CC2)c2cc(Cl)c(C)cc21. The second kappa shape index (κ2) is 7.99. The lowest BCUT2D eigenvalue weighted by Crippen LogP contribution is -2.49. The van der Waals surface area contributed by atoms with Crippen molar-refractivity contribution in [2.24, 2.45) is 0 Å². The topological polar surface area (TPSA) is 49.9 Å². The van der Waals surface area contributed by atoms with Crippen molar-refractivity contribution in [3.63, 3.8) is 0 Å². The zero-order chi connectivity index (χ0) is 23.4. The summed E-state index contributed by atoms with van der Waals surface area (Å²) in [6, 6.07) is 4.35. The smallest absolute Gasteiger partial charge is 0.410 e. The largest absolute Gasteiger partial charge is 0.444 e. The second-order valence-corrected chi connectivity index (χ2v) is 11.3. The quantitative estimate of drug-likeness (QED) is 0.586. The highest BCUT2D eigenvalue weighted by Crippen LogP contribution is 2.56. The van der Waals surface area contributed by atoms with Crippen LogP contribution in [0.25, 0.3) is 0 Å². The summed E-state index contributed by atoms with van der Waals surface area (Å²) >= 11 is 6.57. The molecule has 5 nitrogen and oxygen atoms in total. The molecule has 0 bridgehead atoms. The molecule has 0 radical (unpaired) electrons. The predicted molar refractivity (Wildman–Crippen MR) is 125 cm³/mol. The van der Waals surface area contributed by atoms with Crippen molar-refractivity contribution < 1.29 is 14.3 Å². The Morgan fingerprint density at radius 1 is 1.16 bits per heavy atom. The van der Waals surface area contributed by atoms with Gasteiger partial charge in [0, 0.05) is 43.5 Å². The van der Waals surface area contributed by atoms with Crippen LogP contribution < -0.4 is 0 Å². The fraction of sp³-hybridized carbons (Fsp3) is 0.680. The Morgan fingerprint density at radius 3 is 2.26 bits per heavy atom. The molecule has 0 unspecified atom stereocenters. The van der Waals surface area contributed by atoms with E-state index in [1.807, 2.05) is 44.5 Å². The molecule has 1 heterocycles. The van der Waals surface area contributed by atoms with Crippen molar-refractivity contribution in [3.05, 3.63) is 33.8 Å². The summed E-state index contributed by atoms with van der Waals surface area (Å²) in [5.41, 5.74) is 2.80. The Kier molecular flexibility index (Phi) is 6.16. The molecule has 1 fully saturated rings. The number of hydrogen-bond acceptors (Lipinski definition) is 3. The fourth-order valence-corrected chi connectivity index (χ4v) is 5.41. The van der Waals surface area contributed by atoms with Crippen LogP contribution in [-0.4, -0.2) is 53.1 Å². The van der Waals surface area contributed by atoms with Gasteiger partial charge in [-0.3, -0.25) is 4.79 Å². The molecule has 0 saturated carbocycles. The van der Waals surface area contributed by atoms with Crippen LogP contribution in [0.4, 0.5) is 4.79 Å². The molecular weight excluding hydrogens is 412 g/mol. The Bertz CT molecular complexity index is 879. The first-order valence-electron chi connectivity index (χ1n) is 11.2. The maximum atomic E-state index is 12.6. The van der Waals surface area contributed by atoms with Crippen LogP contribution in [-0.2, 0) is 14.9 Å². The van der Waals surface area contributed by atoms with Gasteiger partial charge in [0.1, 0.15) is 5.60 Å². The van der Waals surface area contributed by atoms with E-state index in [0.717, 1.165) is 29.8 Å². The van der Waals surface area contributed by atoms with Crippen molar-refractivity contribution in [2.75, 3.05) is 20.1 Å². The highest BCUT2D eigenvalue weighted by molar-refractivity contribution is 6.31. The van der Waals surface area contributed by atoms with Gasteiger partial charge in [-0.25, -0.2) is 4.79 Å². The minimum absolute atomic E-state index is 0.0370. The average molecular weight is 449 g/mol. The zero-order valence-electron chi connectivity index (χ0n) is 20.3. The first-order chi connectivity index (χ1) is 14.2. The zero-order valence-corrected chi connectivity index (χ0v) is 21.0. The summed E-state index contributed by atoms with van der Waals surface area (Å²) in [6.07, 6.45) is 2.45. The Labute approximate surface area is 192 Å². The number of rotatable bonds is 2. The number of piperidine rings is 1. The summed E-state index contributed by atoms with van der Waals surface area (Å²) < 4.78 is 5.59. The lowest BCUT2D eigenvalue weighted by Gasteiger charge is -2.43. The minimum atomic E-state index is -0.496. The Balaban J connectivity index is 1.93. The van der Waals surface area contributed by atoms with Gasteiger partial charge in [-0.05, 0) is 89.0 Å². The number of ether oxygens (including phenoxy) is 1. The molecule has 1 saturated heterocycles. The molecule has 3 rings (SSSR count). The van der Waals surface area contributed by atoms with E-state index in [0.29, 0.717) is 13.1 Å². The monoisotopic (exact) mass is 448 g/mol. The van der Waals surface area contributed by atoms with E-state index in [2.05, 4.69) is 26.0 Å². The first kappa shape index (κ1) is 23.9. The number of halogens is 1. The van der Waals surface area contributed by atoms with E-state index in [-0.39, 0.29) is 28.9 Å². The number of benzene rings is 1. The second-order valence-electron chi connectivity index (χ2n) is 10.9. The molecule has 1 aromatic carbocycles. The number of amides is 2. The maximum absolute atomic E-state index is 12.6. The van der Waals surface area contributed by atoms with E-state index >= 15 is 0 Å². The van der Waals surface area contributed by atoms with Gasteiger partial charge in [-0.1, -0.05) is 17.7 Å². The standard InChI is InChI=1S/C25H37ClN2O3/c1-16-13-18-19(14-21(16)26)25(15-20(18)24(6,7)27(8)17(2)29)9-11-28(12-10-25)22(30)31-23(3,4)5/h13-14,20H,9-12,15H2,1-8H3/t20-/m1/s1. The van der Waals surface area contributed by atoms with Gasteiger partial charge < -0.3 is 14.5 Å². The minimum Gasteiger partial charge on any atom is -0.444 e. The lowest BCUT2D eigenvalue weighted by atomic mass is 9.72. The van der Waals surface area contributed by atoms with E-state index in [9.17, 15) is 9.59 Å². The number of carbonyl (C=O) groups excluding carboxylic acids is 2. The van der Waals surface area contributed by atoms with Gasteiger partial charge in [0.15, 0.2) is 0 Å². The number of likely N-dealkylation sites (N-methyl/N-ethyl adjacent to an activating group) is 1. The van der Waals surface area contributed by atoms with Crippen LogP contribution in [0.5, 0.6) is 0 Å². The van der Waals surface area contributed by atoms with Crippen LogP contribution in [0, 0.1) is 6.92 Å². The van der Waals surface area contributed by atoms with Crippen molar-refractivity contribution in [1.29, 1.82) is 0 Å². The average Bonchev–Trinajstić information content (AvgIpc) is 2.94. The maximum Gasteiger partial charge on any atom is 0.410 e. The van der Waals surface area contributed by atoms with E-state index < -0.39 is 5.60 Å². The van der Waals surface area contributed by atoms with Crippen LogP contribution in [0.1, 0.15) is 83.4 Å². The Hall–Kier alpha value is -1.75. The molecule has 0 aromatic heterocycles. The molecule has 172 valence electrons. The molecule has 1 spiro atoms. The number of nitrogens with zero attached hydrogens (tertiary/aromatic N) is 2. The number of hydrogen-bond donors (Lipinski definition) is 0. The van der Waals surface area contributed by atoms with Gasteiger partial charge in [-0.2, -0.15) is 0 Å². The van der Waals surface area contributed by atoms with Crippen LogP contribution in [0.15, 0.2) is 12.1 Å². The normalized spacial score (nSPS) is 20.5.